The van der Waals surface area contributed by atoms with Crippen molar-refractivity contribution in [3.8, 4) is 11.3 Å². The van der Waals surface area contributed by atoms with Gasteiger partial charge in [-0.3, -0.25) is 4.79 Å². The standard InChI is InChI=1S/C18H19N3O/c1-12(2)11-21-9-8-14-10-13(6-7-17(14)21)15-4-3-5-16(20-15)18(19)22/h3-10,12H,11H2,1-2H3,(H2,19,22). The van der Waals surface area contributed by atoms with E-state index in [-0.39, 0.29) is 5.69 Å². The Morgan fingerprint density at radius 2 is 2.05 bits per heavy atom. The number of pyridine rings is 1. The largest absolute Gasteiger partial charge is 0.364 e. The molecule has 0 aliphatic carbocycles. The maximum absolute atomic E-state index is 11.3. The molecule has 0 spiro atoms. The number of hydrogen-bond acceptors (Lipinski definition) is 2. The number of aromatic nitrogens is 2. The van der Waals surface area contributed by atoms with Gasteiger partial charge in [0.15, 0.2) is 0 Å². The van der Waals surface area contributed by atoms with Crippen LogP contribution in [-0.2, 0) is 6.54 Å². The van der Waals surface area contributed by atoms with Crippen molar-refractivity contribution in [3.05, 3.63) is 54.4 Å². The summed E-state index contributed by atoms with van der Waals surface area (Å²) in [5.41, 5.74) is 8.54. The number of fused-ring (bicyclic) bond motifs is 1. The molecule has 0 aliphatic heterocycles. The van der Waals surface area contributed by atoms with E-state index in [4.69, 9.17) is 5.73 Å². The molecule has 0 bridgehead atoms. The molecule has 1 aromatic carbocycles. The number of primary amides is 1. The number of nitrogens with zero attached hydrogens (tertiary/aromatic N) is 2. The summed E-state index contributed by atoms with van der Waals surface area (Å²) in [6.07, 6.45) is 2.11. The molecule has 4 nitrogen and oxygen atoms in total. The van der Waals surface area contributed by atoms with Crippen LogP contribution >= 0.6 is 0 Å². The molecule has 4 heteroatoms. The van der Waals surface area contributed by atoms with Crippen LogP contribution in [0.2, 0.25) is 0 Å². The Bertz CT molecular complexity index is 833. The molecule has 2 N–H and O–H groups in total. The maximum atomic E-state index is 11.3. The van der Waals surface area contributed by atoms with E-state index >= 15 is 0 Å². The lowest BCUT2D eigenvalue weighted by Crippen LogP contribution is -2.12. The summed E-state index contributed by atoms with van der Waals surface area (Å²) in [5.74, 6) is 0.0928. The van der Waals surface area contributed by atoms with Gasteiger partial charge in [-0.05, 0) is 36.2 Å². The van der Waals surface area contributed by atoms with Crippen LogP contribution in [0.5, 0.6) is 0 Å². The van der Waals surface area contributed by atoms with Gasteiger partial charge in [0, 0.05) is 29.2 Å². The van der Waals surface area contributed by atoms with Crippen molar-refractivity contribution in [1.29, 1.82) is 0 Å². The summed E-state index contributed by atoms with van der Waals surface area (Å²) < 4.78 is 2.26. The Kier molecular flexibility index (Phi) is 3.67. The summed E-state index contributed by atoms with van der Waals surface area (Å²) in [5, 5.41) is 1.17. The first-order valence-electron chi connectivity index (χ1n) is 7.41. The average Bonchev–Trinajstić information content (AvgIpc) is 2.89. The third kappa shape index (κ3) is 2.72. The van der Waals surface area contributed by atoms with Crippen molar-refractivity contribution in [2.24, 2.45) is 11.7 Å². The fourth-order valence-electron chi connectivity index (χ4n) is 2.64. The second-order valence-electron chi connectivity index (χ2n) is 5.91. The number of nitrogens with two attached hydrogens (primary N) is 1. The molecule has 0 unspecified atom stereocenters. The van der Waals surface area contributed by atoms with Crippen molar-refractivity contribution < 1.29 is 4.79 Å². The minimum Gasteiger partial charge on any atom is -0.364 e. The van der Waals surface area contributed by atoms with Crippen molar-refractivity contribution in [2.45, 2.75) is 20.4 Å². The van der Waals surface area contributed by atoms with E-state index < -0.39 is 5.91 Å². The summed E-state index contributed by atoms with van der Waals surface area (Å²) in [4.78, 5) is 15.6. The number of carbonyl (C=O) groups is 1. The highest BCUT2D eigenvalue weighted by Gasteiger charge is 2.08. The normalized spacial score (nSPS) is 11.2. The van der Waals surface area contributed by atoms with E-state index in [0.717, 1.165) is 17.8 Å². The predicted octanol–water partition coefficient (Wildman–Crippen LogP) is 3.46. The Hall–Kier alpha value is -2.62. The molecule has 0 radical (unpaired) electrons. The number of carbonyl (C=O) groups excluding carboxylic acids is 1. The minimum atomic E-state index is -0.508. The van der Waals surface area contributed by atoms with Gasteiger partial charge in [0.25, 0.3) is 5.91 Å². The van der Waals surface area contributed by atoms with Gasteiger partial charge in [-0.25, -0.2) is 4.98 Å². The summed E-state index contributed by atoms with van der Waals surface area (Å²) in [6, 6.07) is 13.7. The molecule has 112 valence electrons. The fourth-order valence-corrected chi connectivity index (χ4v) is 2.64. The predicted molar refractivity (Wildman–Crippen MR) is 88.5 cm³/mol. The molecule has 1 amide bonds. The van der Waals surface area contributed by atoms with Crippen LogP contribution in [0.15, 0.2) is 48.7 Å². The molecule has 22 heavy (non-hydrogen) atoms. The Morgan fingerprint density at radius 3 is 2.77 bits per heavy atom. The topological polar surface area (TPSA) is 60.9 Å². The van der Waals surface area contributed by atoms with Gasteiger partial charge in [0.1, 0.15) is 5.69 Å². The van der Waals surface area contributed by atoms with Gasteiger partial charge >= 0.3 is 0 Å². The highest BCUT2D eigenvalue weighted by atomic mass is 16.1. The van der Waals surface area contributed by atoms with Crippen LogP contribution in [-0.4, -0.2) is 15.5 Å². The molecular formula is C18H19N3O. The van der Waals surface area contributed by atoms with Crippen LogP contribution < -0.4 is 5.73 Å². The lowest BCUT2D eigenvalue weighted by atomic mass is 10.1. The zero-order valence-electron chi connectivity index (χ0n) is 12.8. The van der Waals surface area contributed by atoms with Crippen molar-refractivity contribution in [1.82, 2.24) is 9.55 Å². The van der Waals surface area contributed by atoms with Crippen molar-refractivity contribution in [3.63, 3.8) is 0 Å². The first-order chi connectivity index (χ1) is 10.5. The Morgan fingerprint density at radius 1 is 1.23 bits per heavy atom. The van der Waals surface area contributed by atoms with Crippen molar-refractivity contribution in [2.75, 3.05) is 0 Å². The molecule has 3 aromatic rings. The molecule has 2 heterocycles. The molecule has 0 fully saturated rings. The zero-order chi connectivity index (χ0) is 15.7. The smallest absolute Gasteiger partial charge is 0.267 e. The van der Waals surface area contributed by atoms with Crippen LogP contribution in [0.3, 0.4) is 0 Å². The molecule has 0 atom stereocenters. The maximum Gasteiger partial charge on any atom is 0.267 e. The third-order valence-electron chi connectivity index (χ3n) is 3.63. The van der Waals surface area contributed by atoms with Gasteiger partial charge in [0.2, 0.25) is 0 Å². The zero-order valence-corrected chi connectivity index (χ0v) is 12.8. The van der Waals surface area contributed by atoms with E-state index in [1.165, 1.54) is 10.9 Å². The number of hydrogen-bond donors (Lipinski definition) is 1. The van der Waals surface area contributed by atoms with Gasteiger partial charge in [-0.1, -0.05) is 26.0 Å². The van der Waals surface area contributed by atoms with E-state index in [9.17, 15) is 4.79 Å². The van der Waals surface area contributed by atoms with Gasteiger partial charge < -0.3 is 10.3 Å². The molecule has 0 saturated heterocycles. The third-order valence-corrected chi connectivity index (χ3v) is 3.63. The molecule has 2 aromatic heterocycles. The van der Waals surface area contributed by atoms with E-state index in [1.807, 2.05) is 12.1 Å². The first-order valence-corrected chi connectivity index (χ1v) is 7.41. The lowest BCUT2D eigenvalue weighted by molar-refractivity contribution is 0.0995. The Labute approximate surface area is 129 Å². The number of amides is 1. The fraction of sp³-hybridized carbons (Fsp3) is 0.222. The van der Waals surface area contributed by atoms with Crippen LogP contribution in [0, 0.1) is 5.92 Å². The lowest BCUT2D eigenvalue weighted by Gasteiger charge is -2.09. The second kappa shape index (κ2) is 5.64. The highest BCUT2D eigenvalue weighted by molar-refractivity contribution is 5.91. The van der Waals surface area contributed by atoms with Gasteiger partial charge in [0.05, 0.1) is 5.69 Å². The quantitative estimate of drug-likeness (QED) is 0.800. The SMILES string of the molecule is CC(C)Cn1ccc2cc(-c3cccc(C(N)=O)n3)ccc21. The van der Waals surface area contributed by atoms with Crippen LogP contribution in [0.25, 0.3) is 22.2 Å². The van der Waals surface area contributed by atoms with E-state index in [1.54, 1.807) is 12.1 Å². The number of benzene rings is 1. The van der Waals surface area contributed by atoms with Crippen molar-refractivity contribution >= 4 is 16.8 Å². The summed E-state index contributed by atoms with van der Waals surface area (Å²) in [7, 11) is 0. The summed E-state index contributed by atoms with van der Waals surface area (Å²) >= 11 is 0. The van der Waals surface area contributed by atoms with Gasteiger partial charge in [-0.15, -0.1) is 0 Å². The second-order valence-corrected chi connectivity index (χ2v) is 5.91. The monoisotopic (exact) mass is 293 g/mol. The van der Waals surface area contributed by atoms with Crippen LogP contribution in [0.4, 0.5) is 0 Å². The van der Waals surface area contributed by atoms with Gasteiger partial charge in [-0.2, -0.15) is 0 Å². The average molecular weight is 293 g/mol. The first kappa shape index (κ1) is 14.3. The van der Waals surface area contributed by atoms with Crippen LogP contribution in [0.1, 0.15) is 24.3 Å². The number of rotatable bonds is 4. The summed E-state index contributed by atoms with van der Waals surface area (Å²) in [6.45, 7) is 5.41. The van der Waals surface area contributed by atoms with E-state index in [2.05, 4.69) is 47.8 Å². The van der Waals surface area contributed by atoms with E-state index in [0.29, 0.717) is 5.92 Å². The molecule has 0 aliphatic rings. The molecule has 3 rings (SSSR count). The Balaban J connectivity index is 2.02. The highest BCUT2D eigenvalue weighted by Crippen LogP contribution is 2.24. The minimum absolute atomic E-state index is 0.287. The molecular weight excluding hydrogens is 274 g/mol. The molecule has 0 saturated carbocycles.